The molecule has 0 amide bonds. The molecule has 0 saturated heterocycles. The first kappa shape index (κ1) is 15.8. The van der Waals surface area contributed by atoms with Crippen LogP contribution in [0.1, 0.15) is 19.4 Å². The molecule has 2 N–H and O–H groups in total. The number of fused-ring (bicyclic) bond motifs is 1. The summed E-state index contributed by atoms with van der Waals surface area (Å²) < 4.78 is 2.07. The maximum absolute atomic E-state index is 9.00. The van der Waals surface area contributed by atoms with Crippen LogP contribution in [0.15, 0.2) is 24.4 Å². The van der Waals surface area contributed by atoms with Crippen LogP contribution in [-0.2, 0) is 11.8 Å². The van der Waals surface area contributed by atoms with E-state index in [0.29, 0.717) is 5.71 Å². The molecule has 0 aliphatic carbocycles. The zero-order chi connectivity index (χ0) is 15.4. The van der Waals surface area contributed by atoms with Crippen molar-refractivity contribution in [2.45, 2.75) is 13.8 Å². The van der Waals surface area contributed by atoms with Crippen LogP contribution in [0.2, 0.25) is 0 Å². The van der Waals surface area contributed by atoms with Gasteiger partial charge in [0.2, 0.25) is 0 Å². The molecule has 0 spiro atoms. The van der Waals surface area contributed by atoms with Crippen LogP contribution in [0, 0.1) is 5.41 Å². The van der Waals surface area contributed by atoms with E-state index >= 15 is 0 Å². The summed E-state index contributed by atoms with van der Waals surface area (Å²) in [5.41, 5.74) is 3.97. The normalized spacial score (nSPS) is 9.85. The van der Waals surface area contributed by atoms with Crippen molar-refractivity contribution < 1.29 is 9.90 Å². The second-order valence-corrected chi connectivity index (χ2v) is 4.89. The molecule has 0 radical (unpaired) electrons. The molecule has 108 valence electrons. The van der Waals surface area contributed by atoms with E-state index in [0.717, 1.165) is 17.9 Å². The van der Waals surface area contributed by atoms with Crippen molar-refractivity contribution in [3.63, 3.8) is 0 Å². The highest BCUT2D eigenvalue weighted by atomic mass is 16.4. The Balaban J connectivity index is 0.000000444. The molecule has 5 heteroatoms. The summed E-state index contributed by atoms with van der Waals surface area (Å²) >= 11 is 0. The van der Waals surface area contributed by atoms with Crippen LogP contribution < -0.4 is 4.90 Å². The van der Waals surface area contributed by atoms with Gasteiger partial charge < -0.3 is 20.0 Å². The molecule has 2 aromatic rings. The van der Waals surface area contributed by atoms with E-state index in [1.54, 1.807) is 0 Å². The lowest BCUT2D eigenvalue weighted by molar-refractivity contribution is -0.134. The highest BCUT2D eigenvalue weighted by Gasteiger charge is 2.09. The predicted octanol–water partition coefficient (Wildman–Crippen LogP) is 2.72. The lowest BCUT2D eigenvalue weighted by Crippen LogP contribution is -2.08. The molecule has 1 aromatic heterocycles. The van der Waals surface area contributed by atoms with Crippen molar-refractivity contribution in [3.05, 3.63) is 30.0 Å². The Hall–Kier alpha value is -2.30. The van der Waals surface area contributed by atoms with Gasteiger partial charge in [-0.1, -0.05) is 0 Å². The quantitative estimate of drug-likeness (QED) is 0.828. The Bertz CT molecular complexity index is 638. The SMILES string of the molecule is CC(=N)c1cn(C)c2ccc(N(C)C)cc12.CC(=O)O. The Kier molecular flexibility index (Phi) is 4.91. The van der Waals surface area contributed by atoms with Gasteiger partial charge in [-0.25, -0.2) is 0 Å². The summed E-state index contributed by atoms with van der Waals surface area (Å²) in [6.45, 7) is 2.91. The number of nitrogens with one attached hydrogen (secondary N) is 1. The number of aryl methyl sites for hydroxylation is 1. The van der Waals surface area contributed by atoms with E-state index in [-0.39, 0.29) is 0 Å². The first-order valence-electron chi connectivity index (χ1n) is 6.25. The minimum absolute atomic E-state index is 0.613. The number of hydrogen-bond donors (Lipinski definition) is 2. The Morgan fingerprint density at radius 3 is 2.30 bits per heavy atom. The van der Waals surface area contributed by atoms with Crippen molar-refractivity contribution >= 4 is 28.3 Å². The molecule has 0 saturated carbocycles. The van der Waals surface area contributed by atoms with E-state index in [9.17, 15) is 0 Å². The largest absolute Gasteiger partial charge is 0.481 e. The standard InChI is InChI=1S/C13H17N3.C2H4O2/c1-9(14)12-8-16(4)13-6-5-10(15(2)3)7-11(12)13;1-2(3)4/h5-8,14H,1-4H3;1H3,(H,3,4). The molecule has 0 fully saturated rings. The summed E-state index contributed by atoms with van der Waals surface area (Å²) in [7, 11) is 6.08. The number of benzene rings is 1. The van der Waals surface area contributed by atoms with Crippen LogP contribution in [0.4, 0.5) is 5.69 Å². The van der Waals surface area contributed by atoms with Crippen LogP contribution in [0.5, 0.6) is 0 Å². The summed E-state index contributed by atoms with van der Waals surface area (Å²) in [6.07, 6.45) is 2.02. The second-order valence-electron chi connectivity index (χ2n) is 4.89. The lowest BCUT2D eigenvalue weighted by atomic mass is 10.1. The molecule has 5 nitrogen and oxygen atoms in total. The maximum Gasteiger partial charge on any atom is 0.300 e. The van der Waals surface area contributed by atoms with E-state index in [1.807, 2.05) is 34.3 Å². The Labute approximate surface area is 118 Å². The number of anilines is 1. The van der Waals surface area contributed by atoms with Crippen LogP contribution in [0.25, 0.3) is 10.9 Å². The molecule has 0 aliphatic rings. The van der Waals surface area contributed by atoms with Gasteiger partial charge in [0.05, 0.1) is 0 Å². The number of aromatic nitrogens is 1. The van der Waals surface area contributed by atoms with Crippen LogP contribution in [0.3, 0.4) is 0 Å². The summed E-state index contributed by atoms with van der Waals surface area (Å²) in [6, 6.07) is 6.35. The van der Waals surface area contributed by atoms with E-state index < -0.39 is 5.97 Å². The molecule has 1 aromatic carbocycles. The molecule has 20 heavy (non-hydrogen) atoms. The highest BCUT2D eigenvalue weighted by molar-refractivity contribution is 6.08. The van der Waals surface area contributed by atoms with Gasteiger partial charge >= 0.3 is 0 Å². The topological polar surface area (TPSA) is 69.3 Å². The molecule has 0 atom stereocenters. The fourth-order valence-corrected chi connectivity index (χ4v) is 1.96. The number of rotatable bonds is 2. The third-order valence-corrected chi connectivity index (χ3v) is 2.89. The first-order chi connectivity index (χ1) is 9.23. The van der Waals surface area contributed by atoms with Crippen molar-refractivity contribution in [3.8, 4) is 0 Å². The van der Waals surface area contributed by atoms with Crippen LogP contribution >= 0.6 is 0 Å². The minimum Gasteiger partial charge on any atom is -0.481 e. The third kappa shape index (κ3) is 3.60. The smallest absolute Gasteiger partial charge is 0.300 e. The third-order valence-electron chi connectivity index (χ3n) is 2.89. The summed E-state index contributed by atoms with van der Waals surface area (Å²) in [4.78, 5) is 11.1. The highest BCUT2D eigenvalue weighted by Crippen LogP contribution is 2.25. The van der Waals surface area contributed by atoms with Crippen molar-refractivity contribution in [2.24, 2.45) is 7.05 Å². The van der Waals surface area contributed by atoms with Crippen molar-refractivity contribution in [2.75, 3.05) is 19.0 Å². The number of carbonyl (C=O) groups is 1. The predicted molar refractivity (Wildman–Crippen MR) is 83.1 cm³/mol. The molecular weight excluding hydrogens is 254 g/mol. The van der Waals surface area contributed by atoms with Gasteiger partial charge in [-0.2, -0.15) is 0 Å². The number of aliphatic carboxylic acids is 1. The average molecular weight is 275 g/mol. The monoisotopic (exact) mass is 275 g/mol. The molecule has 2 rings (SSSR count). The summed E-state index contributed by atoms with van der Waals surface area (Å²) in [5.74, 6) is -0.833. The van der Waals surface area contributed by atoms with E-state index in [2.05, 4.69) is 27.7 Å². The van der Waals surface area contributed by atoms with Gasteiger partial charge in [-0.15, -0.1) is 0 Å². The Morgan fingerprint density at radius 1 is 1.30 bits per heavy atom. The van der Waals surface area contributed by atoms with Crippen molar-refractivity contribution in [1.29, 1.82) is 5.41 Å². The molecule has 1 heterocycles. The molecular formula is C15H21N3O2. The minimum atomic E-state index is -0.833. The van der Waals surface area contributed by atoms with Gasteiger partial charge in [-0.3, -0.25) is 4.79 Å². The molecule has 0 bridgehead atoms. The summed E-state index contributed by atoms with van der Waals surface area (Å²) in [5, 5.41) is 16.4. The zero-order valence-corrected chi connectivity index (χ0v) is 12.6. The fourth-order valence-electron chi connectivity index (χ4n) is 1.96. The van der Waals surface area contributed by atoms with Gasteiger partial charge in [0.1, 0.15) is 0 Å². The van der Waals surface area contributed by atoms with Gasteiger partial charge in [-0.05, 0) is 25.1 Å². The second kappa shape index (κ2) is 6.23. The number of hydrogen-bond acceptors (Lipinski definition) is 3. The van der Waals surface area contributed by atoms with Crippen molar-refractivity contribution in [1.82, 2.24) is 4.57 Å². The fraction of sp³-hybridized carbons (Fsp3) is 0.333. The maximum atomic E-state index is 9.00. The molecule has 0 aliphatic heterocycles. The number of carboxylic acid groups (broad SMARTS) is 1. The number of nitrogens with zero attached hydrogens (tertiary/aromatic N) is 2. The zero-order valence-electron chi connectivity index (χ0n) is 12.6. The van der Waals surface area contributed by atoms with E-state index in [1.165, 1.54) is 11.2 Å². The Morgan fingerprint density at radius 2 is 1.85 bits per heavy atom. The molecule has 0 unspecified atom stereocenters. The van der Waals surface area contributed by atoms with Gasteiger partial charge in [0.15, 0.2) is 0 Å². The van der Waals surface area contributed by atoms with Crippen LogP contribution in [-0.4, -0.2) is 35.4 Å². The van der Waals surface area contributed by atoms with Gasteiger partial charge in [0, 0.05) is 62.1 Å². The van der Waals surface area contributed by atoms with E-state index in [4.69, 9.17) is 15.3 Å². The lowest BCUT2D eigenvalue weighted by Gasteiger charge is -2.12. The van der Waals surface area contributed by atoms with Gasteiger partial charge in [0.25, 0.3) is 5.97 Å². The average Bonchev–Trinajstić information content (AvgIpc) is 2.66. The first-order valence-corrected chi connectivity index (χ1v) is 6.25. The number of carboxylic acids is 1.